The zero-order valence-corrected chi connectivity index (χ0v) is 10.9. The fraction of sp³-hybridized carbons (Fsp3) is 0.846. The minimum absolute atomic E-state index is 0.279. The van der Waals surface area contributed by atoms with Crippen molar-refractivity contribution in [3.8, 4) is 0 Å². The summed E-state index contributed by atoms with van der Waals surface area (Å²) in [7, 11) is 0. The van der Waals surface area contributed by atoms with E-state index in [2.05, 4.69) is 53.0 Å². The summed E-state index contributed by atoms with van der Waals surface area (Å²) in [6.45, 7) is 17.7. The van der Waals surface area contributed by atoms with E-state index in [0.717, 1.165) is 6.42 Å². The van der Waals surface area contributed by atoms with E-state index in [1.54, 1.807) is 0 Å². The highest BCUT2D eigenvalue weighted by atomic mass is 15.2. The Morgan fingerprint density at radius 2 is 1.64 bits per heavy atom. The molecule has 0 bridgehead atoms. The predicted octanol–water partition coefficient (Wildman–Crippen LogP) is 4.20. The van der Waals surface area contributed by atoms with Gasteiger partial charge >= 0.3 is 0 Å². The van der Waals surface area contributed by atoms with Gasteiger partial charge in [-0.15, -0.1) is 0 Å². The van der Waals surface area contributed by atoms with Gasteiger partial charge < -0.3 is 4.90 Å². The minimum atomic E-state index is 0.279. The molecular formula is C13H27N. The molecule has 0 heterocycles. The van der Waals surface area contributed by atoms with Gasteiger partial charge in [0.25, 0.3) is 0 Å². The number of hydrogen-bond donors (Lipinski definition) is 0. The van der Waals surface area contributed by atoms with Crippen LogP contribution in [0.3, 0.4) is 0 Å². The van der Waals surface area contributed by atoms with Crippen LogP contribution in [0.2, 0.25) is 0 Å². The SMILES string of the molecule is C=C(CC)N(C(C)C)C(C)(CC)CC. The Labute approximate surface area is 90.2 Å². The van der Waals surface area contributed by atoms with E-state index < -0.39 is 0 Å². The van der Waals surface area contributed by atoms with Gasteiger partial charge in [-0.25, -0.2) is 0 Å². The van der Waals surface area contributed by atoms with E-state index in [1.165, 1.54) is 18.5 Å². The first-order chi connectivity index (χ1) is 6.42. The summed E-state index contributed by atoms with van der Waals surface area (Å²) in [6.07, 6.45) is 3.41. The van der Waals surface area contributed by atoms with Crippen molar-refractivity contribution < 1.29 is 0 Å². The summed E-state index contributed by atoms with van der Waals surface area (Å²) in [5.41, 5.74) is 1.55. The van der Waals surface area contributed by atoms with Crippen molar-refractivity contribution in [2.24, 2.45) is 0 Å². The molecule has 0 aliphatic rings. The second-order valence-corrected chi connectivity index (χ2v) is 4.59. The third-order valence-electron chi connectivity index (χ3n) is 3.37. The molecule has 0 fully saturated rings. The molecule has 0 aliphatic carbocycles. The second-order valence-electron chi connectivity index (χ2n) is 4.59. The van der Waals surface area contributed by atoms with Crippen molar-refractivity contribution in [3.05, 3.63) is 12.3 Å². The smallest absolute Gasteiger partial charge is 0.0368 e. The van der Waals surface area contributed by atoms with Gasteiger partial charge in [-0.1, -0.05) is 27.4 Å². The lowest BCUT2D eigenvalue weighted by Gasteiger charge is -2.46. The lowest BCUT2D eigenvalue weighted by Crippen LogP contribution is -2.48. The van der Waals surface area contributed by atoms with E-state index >= 15 is 0 Å². The molecule has 0 aromatic heterocycles. The van der Waals surface area contributed by atoms with Crippen LogP contribution in [-0.2, 0) is 0 Å². The van der Waals surface area contributed by atoms with Crippen LogP contribution >= 0.6 is 0 Å². The lowest BCUT2D eigenvalue weighted by molar-refractivity contribution is 0.0992. The fourth-order valence-electron chi connectivity index (χ4n) is 2.13. The average molecular weight is 197 g/mol. The van der Waals surface area contributed by atoms with E-state index in [9.17, 15) is 0 Å². The van der Waals surface area contributed by atoms with Crippen molar-refractivity contribution in [3.63, 3.8) is 0 Å². The molecule has 0 unspecified atom stereocenters. The normalized spacial score (nSPS) is 11.9. The topological polar surface area (TPSA) is 3.24 Å². The van der Waals surface area contributed by atoms with E-state index in [1.807, 2.05) is 0 Å². The summed E-state index contributed by atoms with van der Waals surface area (Å²) >= 11 is 0. The third-order valence-corrected chi connectivity index (χ3v) is 3.37. The molecule has 0 saturated heterocycles. The Bertz CT molecular complexity index is 178. The molecule has 0 N–H and O–H groups in total. The van der Waals surface area contributed by atoms with Crippen LogP contribution in [0.5, 0.6) is 0 Å². The summed E-state index contributed by atoms with van der Waals surface area (Å²) in [5, 5.41) is 0. The molecule has 0 amide bonds. The van der Waals surface area contributed by atoms with E-state index in [4.69, 9.17) is 0 Å². The third kappa shape index (κ3) is 2.76. The standard InChI is InChI=1S/C13H27N/c1-8-12(6)14(11(4)5)13(7,9-2)10-3/h11H,6,8-10H2,1-5,7H3. The molecule has 0 saturated carbocycles. The van der Waals surface area contributed by atoms with Gasteiger partial charge in [-0.05, 0) is 40.0 Å². The van der Waals surface area contributed by atoms with Gasteiger partial charge in [0.15, 0.2) is 0 Å². The molecule has 0 rings (SSSR count). The van der Waals surface area contributed by atoms with Crippen molar-refractivity contribution in [2.45, 2.75) is 72.4 Å². The summed E-state index contributed by atoms with van der Waals surface area (Å²) in [5.74, 6) is 0. The largest absolute Gasteiger partial charge is 0.368 e. The first kappa shape index (κ1) is 13.5. The minimum Gasteiger partial charge on any atom is -0.368 e. The fourth-order valence-corrected chi connectivity index (χ4v) is 2.13. The Kier molecular flexibility index (Phi) is 5.25. The van der Waals surface area contributed by atoms with E-state index in [0.29, 0.717) is 6.04 Å². The molecule has 0 aromatic rings. The maximum atomic E-state index is 4.18. The van der Waals surface area contributed by atoms with Crippen LogP contribution in [0.15, 0.2) is 12.3 Å². The van der Waals surface area contributed by atoms with Crippen LogP contribution in [0.25, 0.3) is 0 Å². The Hall–Kier alpha value is -0.460. The molecule has 0 aliphatic heterocycles. The molecule has 0 atom stereocenters. The maximum absolute atomic E-state index is 4.18. The number of hydrogen-bond acceptors (Lipinski definition) is 1. The van der Waals surface area contributed by atoms with Gasteiger partial charge in [0.1, 0.15) is 0 Å². The molecule has 0 aromatic carbocycles. The predicted molar refractivity (Wildman–Crippen MR) is 65.4 cm³/mol. The van der Waals surface area contributed by atoms with E-state index in [-0.39, 0.29) is 5.54 Å². The first-order valence-electron chi connectivity index (χ1n) is 5.90. The van der Waals surface area contributed by atoms with Crippen molar-refractivity contribution >= 4 is 0 Å². The highest BCUT2D eigenvalue weighted by Gasteiger charge is 2.30. The second kappa shape index (κ2) is 5.43. The molecule has 0 radical (unpaired) electrons. The van der Waals surface area contributed by atoms with Gasteiger partial charge in [0, 0.05) is 17.3 Å². The molecule has 14 heavy (non-hydrogen) atoms. The number of rotatable bonds is 6. The summed E-state index contributed by atoms with van der Waals surface area (Å²) in [4.78, 5) is 2.49. The maximum Gasteiger partial charge on any atom is 0.0368 e. The molecule has 1 nitrogen and oxygen atoms in total. The zero-order valence-electron chi connectivity index (χ0n) is 10.9. The van der Waals surface area contributed by atoms with Crippen molar-refractivity contribution in [1.29, 1.82) is 0 Å². The van der Waals surface area contributed by atoms with Crippen LogP contribution in [0.1, 0.15) is 60.8 Å². The van der Waals surface area contributed by atoms with Crippen LogP contribution in [0.4, 0.5) is 0 Å². The van der Waals surface area contributed by atoms with Gasteiger partial charge in [-0.3, -0.25) is 0 Å². The Balaban J connectivity index is 4.88. The first-order valence-corrected chi connectivity index (χ1v) is 5.90. The van der Waals surface area contributed by atoms with Crippen molar-refractivity contribution in [2.75, 3.05) is 0 Å². The molecule has 0 spiro atoms. The Morgan fingerprint density at radius 3 is 1.86 bits per heavy atom. The van der Waals surface area contributed by atoms with Crippen LogP contribution in [-0.4, -0.2) is 16.5 Å². The highest BCUT2D eigenvalue weighted by Crippen LogP contribution is 2.30. The summed E-state index contributed by atoms with van der Waals surface area (Å²) < 4.78 is 0. The molecule has 84 valence electrons. The monoisotopic (exact) mass is 197 g/mol. The average Bonchev–Trinajstić information content (AvgIpc) is 2.16. The molecular weight excluding hydrogens is 170 g/mol. The van der Waals surface area contributed by atoms with Gasteiger partial charge in [0.05, 0.1) is 0 Å². The number of nitrogens with zero attached hydrogens (tertiary/aromatic N) is 1. The zero-order chi connectivity index (χ0) is 11.4. The van der Waals surface area contributed by atoms with Crippen molar-refractivity contribution in [1.82, 2.24) is 4.90 Å². The quantitative estimate of drug-likeness (QED) is 0.617. The van der Waals surface area contributed by atoms with Crippen LogP contribution < -0.4 is 0 Å². The summed E-state index contributed by atoms with van der Waals surface area (Å²) in [6, 6.07) is 0.548. The molecule has 1 heteroatoms. The lowest BCUT2D eigenvalue weighted by atomic mass is 9.90. The Morgan fingerprint density at radius 1 is 1.21 bits per heavy atom. The van der Waals surface area contributed by atoms with Gasteiger partial charge in [-0.2, -0.15) is 0 Å². The number of allylic oxidation sites excluding steroid dienone is 1. The highest BCUT2D eigenvalue weighted by molar-refractivity contribution is 5.02. The van der Waals surface area contributed by atoms with Crippen LogP contribution in [0, 0.1) is 0 Å². The van der Waals surface area contributed by atoms with Gasteiger partial charge in [0.2, 0.25) is 0 Å².